The summed E-state index contributed by atoms with van der Waals surface area (Å²) in [4.78, 5) is 17.8. The van der Waals surface area contributed by atoms with Crippen LogP contribution in [0, 0.1) is 5.92 Å². The smallest absolute Gasteiger partial charge is 0.222 e. The molecule has 1 aromatic heterocycles. The van der Waals surface area contributed by atoms with Gasteiger partial charge in [-0.3, -0.25) is 4.79 Å². The molecule has 0 bridgehead atoms. The Morgan fingerprint density at radius 1 is 1.35 bits per heavy atom. The standard InChI is InChI=1S/C19H26N2O2/c1-14-9-10-15(13-22)12-21(14)19(23)8-4-5-16-11-20-18-7-3-2-6-17(16)18/h2-3,6-7,11,14-15,20,22H,4-5,8-10,12-13H2,1H3. The highest BCUT2D eigenvalue weighted by Crippen LogP contribution is 2.23. The highest BCUT2D eigenvalue weighted by molar-refractivity contribution is 5.83. The second-order valence-corrected chi connectivity index (χ2v) is 6.73. The maximum Gasteiger partial charge on any atom is 0.222 e. The molecule has 4 heteroatoms. The number of benzene rings is 1. The van der Waals surface area contributed by atoms with Crippen LogP contribution in [0.1, 0.15) is 38.2 Å². The zero-order valence-electron chi connectivity index (χ0n) is 13.8. The molecule has 0 radical (unpaired) electrons. The number of amides is 1. The number of carbonyl (C=O) groups excluding carboxylic acids is 1. The number of aryl methyl sites for hydroxylation is 1. The van der Waals surface area contributed by atoms with Crippen LogP contribution in [0.25, 0.3) is 10.9 Å². The van der Waals surface area contributed by atoms with Gasteiger partial charge in [-0.05, 0) is 50.2 Å². The number of hydrogen-bond donors (Lipinski definition) is 2. The van der Waals surface area contributed by atoms with Crippen molar-refractivity contribution in [3.63, 3.8) is 0 Å². The average molecular weight is 314 g/mol. The summed E-state index contributed by atoms with van der Waals surface area (Å²) in [6, 6.07) is 8.59. The Morgan fingerprint density at radius 2 is 2.17 bits per heavy atom. The van der Waals surface area contributed by atoms with Crippen molar-refractivity contribution in [2.24, 2.45) is 5.92 Å². The molecule has 1 aliphatic rings. The van der Waals surface area contributed by atoms with Crippen molar-refractivity contribution in [2.45, 2.75) is 45.1 Å². The summed E-state index contributed by atoms with van der Waals surface area (Å²) in [7, 11) is 0. The minimum atomic E-state index is 0.186. The molecule has 1 aromatic carbocycles. The number of rotatable bonds is 5. The van der Waals surface area contributed by atoms with Gasteiger partial charge in [0, 0.05) is 42.7 Å². The Bertz CT molecular complexity index is 664. The largest absolute Gasteiger partial charge is 0.396 e. The van der Waals surface area contributed by atoms with Gasteiger partial charge in [-0.2, -0.15) is 0 Å². The molecule has 2 N–H and O–H groups in total. The van der Waals surface area contributed by atoms with Gasteiger partial charge in [-0.15, -0.1) is 0 Å². The van der Waals surface area contributed by atoms with Gasteiger partial charge in [0.1, 0.15) is 0 Å². The van der Waals surface area contributed by atoms with Crippen molar-refractivity contribution >= 4 is 16.8 Å². The number of aliphatic hydroxyl groups is 1. The summed E-state index contributed by atoms with van der Waals surface area (Å²) in [5, 5.41) is 10.6. The number of aromatic amines is 1. The lowest BCUT2D eigenvalue weighted by atomic mass is 9.93. The fraction of sp³-hybridized carbons (Fsp3) is 0.526. The van der Waals surface area contributed by atoms with E-state index in [9.17, 15) is 9.90 Å². The van der Waals surface area contributed by atoms with Crippen LogP contribution in [-0.2, 0) is 11.2 Å². The van der Waals surface area contributed by atoms with Gasteiger partial charge in [0.2, 0.25) is 5.91 Å². The van der Waals surface area contributed by atoms with Gasteiger partial charge in [0.25, 0.3) is 0 Å². The molecule has 2 atom stereocenters. The average Bonchev–Trinajstić information content (AvgIpc) is 2.98. The SMILES string of the molecule is CC1CCC(CO)CN1C(=O)CCCc1c[nH]c2ccccc12. The molecule has 1 saturated heterocycles. The molecule has 0 spiro atoms. The maximum absolute atomic E-state index is 12.5. The van der Waals surface area contributed by atoms with Crippen LogP contribution in [0.5, 0.6) is 0 Å². The van der Waals surface area contributed by atoms with Crippen molar-refractivity contribution in [3.05, 3.63) is 36.0 Å². The fourth-order valence-corrected chi connectivity index (χ4v) is 3.59. The third-order valence-corrected chi connectivity index (χ3v) is 5.07. The van der Waals surface area contributed by atoms with Gasteiger partial charge in [-0.1, -0.05) is 18.2 Å². The van der Waals surface area contributed by atoms with E-state index in [0.29, 0.717) is 19.0 Å². The van der Waals surface area contributed by atoms with Crippen LogP contribution in [0.15, 0.2) is 30.5 Å². The second kappa shape index (κ2) is 7.18. The number of piperidine rings is 1. The molecule has 0 aliphatic carbocycles. The van der Waals surface area contributed by atoms with Crippen molar-refractivity contribution in [1.82, 2.24) is 9.88 Å². The number of fused-ring (bicyclic) bond motifs is 1. The van der Waals surface area contributed by atoms with Crippen LogP contribution >= 0.6 is 0 Å². The van der Waals surface area contributed by atoms with Crippen LogP contribution in [0.2, 0.25) is 0 Å². The quantitative estimate of drug-likeness (QED) is 0.891. The first-order valence-electron chi connectivity index (χ1n) is 8.64. The summed E-state index contributed by atoms with van der Waals surface area (Å²) in [5.41, 5.74) is 2.44. The highest BCUT2D eigenvalue weighted by atomic mass is 16.3. The molecule has 3 rings (SSSR count). The Morgan fingerprint density at radius 3 is 3.00 bits per heavy atom. The molecule has 124 valence electrons. The number of para-hydroxylation sites is 1. The zero-order valence-corrected chi connectivity index (χ0v) is 13.8. The molecule has 1 amide bonds. The summed E-state index contributed by atoms with van der Waals surface area (Å²) < 4.78 is 0. The number of carbonyl (C=O) groups is 1. The van der Waals surface area contributed by atoms with Crippen LogP contribution in [-0.4, -0.2) is 40.1 Å². The third kappa shape index (κ3) is 3.58. The maximum atomic E-state index is 12.5. The number of H-pyrrole nitrogens is 1. The van der Waals surface area contributed by atoms with E-state index < -0.39 is 0 Å². The monoisotopic (exact) mass is 314 g/mol. The molecule has 0 saturated carbocycles. The molecule has 2 unspecified atom stereocenters. The predicted molar refractivity (Wildman–Crippen MR) is 92.2 cm³/mol. The summed E-state index contributed by atoms with van der Waals surface area (Å²) >= 11 is 0. The van der Waals surface area contributed by atoms with Crippen molar-refractivity contribution < 1.29 is 9.90 Å². The summed E-state index contributed by atoms with van der Waals surface area (Å²) in [6.45, 7) is 3.01. The van der Waals surface area contributed by atoms with E-state index in [-0.39, 0.29) is 18.4 Å². The molecule has 1 aliphatic heterocycles. The molecule has 1 fully saturated rings. The summed E-state index contributed by atoms with van der Waals surface area (Å²) in [5.74, 6) is 0.485. The lowest BCUT2D eigenvalue weighted by molar-refractivity contribution is -0.136. The lowest BCUT2D eigenvalue weighted by Crippen LogP contribution is -2.46. The van der Waals surface area contributed by atoms with Crippen LogP contribution < -0.4 is 0 Å². The second-order valence-electron chi connectivity index (χ2n) is 6.73. The van der Waals surface area contributed by atoms with E-state index in [0.717, 1.165) is 31.2 Å². The zero-order chi connectivity index (χ0) is 16.2. The molecule has 4 nitrogen and oxygen atoms in total. The van der Waals surface area contributed by atoms with Crippen molar-refractivity contribution in [2.75, 3.05) is 13.2 Å². The molecule has 23 heavy (non-hydrogen) atoms. The number of likely N-dealkylation sites (tertiary alicyclic amines) is 1. The first-order chi connectivity index (χ1) is 11.2. The number of nitrogens with one attached hydrogen (secondary N) is 1. The minimum absolute atomic E-state index is 0.186. The highest BCUT2D eigenvalue weighted by Gasteiger charge is 2.28. The molecule has 2 heterocycles. The lowest BCUT2D eigenvalue weighted by Gasteiger charge is -2.37. The topological polar surface area (TPSA) is 56.3 Å². The molecular formula is C19H26N2O2. The number of aliphatic hydroxyl groups excluding tert-OH is 1. The van der Waals surface area contributed by atoms with E-state index in [1.807, 2.05) is 11.0 Å². The van der Waals surface area contributed by atoms with E-state index in [4.69, 9.17) is 0 Å². The molecule has 2 aromatic rings. The number of aromatic nitrogens is 1. The molecular weight excluding hydrogens is 288 g/mol. The number of hydrogen-bond acceptors (Lipinski definition) is 2. The van der Waals surface area contributed by atoms with Crippen molar-refractivity contribution in [3.8, 4) is 0 Å². The summed E-state index contributed by atoms with van der Waals surface area (Å²) in [6.07, 6.45) is 6.45. The normalized spacial score (nSPS) is 21.7. The van der Waals surface area contributed by atoms with Gasteiger partial charge >= 0.3 is 0 Å². The number of nitrogens with zero attached hydrogens (tertiary/aromatic N) is 1. The van der Waals surface area contributed by atoms with Gasteiger partial charge in [0.15, 0.2) is 0 Å². The van der Waals surface area contributed by atoms with Crippen LogP contribution in [0.4, 0.5) is 0 Å². The first-order valence-corrected chi connectivity index (χ1v) is 8.64. The Hall–Kier alpha value is -1.81. The van der Waals surface area contributed by atoms with E-state index >= 15 is 0 Å². The van der Waals surface area contributed by atoms with E-state index in [1.54, 1.807) is 0 Å². The Labute approximate surface area is 137 Å². The Balaban J connectivity index is 1.54. The van der Waals surface area contributed by atoms with E-state index in [2.05, 4.69) is 36.3 Å². The van der Waals surface area contributed by atoms with E-state index in [1.165, 1.54) is 10.9 Å². The predicted octanol–water partition coefficient (Wildman–Crippen LogP) is 3.11. The van der Waals surface area contributed by atoms with Gasteiger partial charge in [-0.25, -0.2) is 0 Å². The minimum Gasteiger partial charge on any atom is -0.396 e. The van der Waals surface area contributed by atoms with Gasteiger partial charge < -0.3 is 15.0 Å². The Kier molecular flexibility index (Phi) is 5.01. The fourth-order valence-electron chi connectivity index (χ4n) is 3.59. The van der Waals surface area contributed by atoms with Crippen molar-refractivity contribution in [1.29, 1.82) is 0 Å². The van der Waals surface area contributed by atoms with Gasteiger partial charge in [0.05, 0.1) is 0 Å². The first kappa shape index (κ1) is 16.1. The third-order valence-electron chi connectivity index (χ3n) is 5.07. The van der Waals surface area contributed by atoms with Crippen LogP contribution in [0.3, 0.4) is 0 Å².